The molecule has 0 fully saturated rings. The van der Waals surface area contributed by atoms with E-state index in [0.29, 0.717) is 16.5 Å². The van der Waals surface area contributed by atoms with E-state index in [1.54, 1.807) is 6.07 Å². The summed E-state index contributed by atoms with van der Waals surface area (Å²) in [6, 6.07) is 11.1. The van der Waals surface area contributed by atoms with Gasteiger partial charge in [0, 0.05) is 22.8 Å². The number of carbonyl (C=O) groups is 2. The molecule has 0 saturated heterocycles. The van der Waals surface area contributed by atoms with Crippen molar-refractivity contribution in [3.05, 3.63) is 59.3 Å². The molecule has 3 aromatic rings. The van der Waals surface area contributed by atoms with Crippen molar-refractivity contribution in [2.45, 2.75) is 25.6 Å². The minimum atomic E-state index is -3.74. The summed E-state index contributed by atoms with van der Waals surface area (Å²) in [6.45, 7) is -0.533. The van der Waals surface area contributed by atoms with Gasteiger partial charge in [0.25, 0.3) is 5.91 Å². The number of fused-ring (bicyclic) bond motifs is 3. The van der Waals surface area contributed by atoms with Gasteiger partial charge in [0.1, 0.15) is 0 Å². The highest BCUT2D eigenvalue weighted by atomic mass is 19.3. The molecule has 0 bridgehead atoms. The number of nitrogens with zero attached hydrogens (tertiary/aromatic N) is 1. The van der Waals surface area contributed by atoms with Crippen molar-refractivity contribution in [2.75, 3.05) is 11.9 Å². The number of aromatic nitrogens is 1. The number of benzene rings is 2. The van der Waals surface area contributed by atoms with Crippen molar-refractivity contribution in [1.82, 2.24) is 4.98 Å². The van der Waals surface area contributed by atoms with Crippen LogP contribution in [0.25, 0.3) is 10.9 Å². The molecule has 5 rings (SSSR count). The van der Waals surface area contributed by atoms with Crippen LogP contribution in [0.1, 0.15) is 28.0 Å². The van der Waals surface area contributed by atoms with E-state index in [1.165, 1.54) is 18.2 Å². The summed E-state index contributed by atoms with van der Waals surface area (Å²) in [5.74, 6) is -1.54. The Morgan fingerprint density at radius 2 is 1.90 bits per heavy atom. The standard InChI is InChI=1S/C22H16F2N2O5/c23-22(24)30-17-9-8-12(10-18(17)31-22)25-19(27)11-29-21(28)20-13-4-1-2-6-15(13)26-16-7-3-5-14(16)20/h1-2,4,6,8-10H,3,5,7,11H2,(H,25,27). The Labute approximate surface area is 174 Å². The maximum atomic E-state index is 13.1. The van der Waals surface area contributed by atoms with Gasteiger partial charge in [-0.05, 0) is 43.0 Å². The summed E-state index contributed by atoms with van der Waals surface area (Å²) >= 11 is 0. The van der Waals surface area contributed by atoms with Gasteiger partial charge < -0.3 is 19.5 Å². The molecule has 0 unspecified atom stereocenters. The third-order valence-electron chi connectivity index (χ3n) is 5.14. The van der Waals surface area contributed by atoms with Gasteiger partial charge in [0.15, 0.2) is 18.1 Å². The minimum absolute atomic E-state index is 0.132. The number of hydrogen-bond donors (Lipinski definition) is 1. The normalized spacial score (nSPS) is 15.5. The Hall–Kier alpha value is -3.75. The fraction of sp³-hybridized carbons (Fsp3) is 0.227. The zero-order chi connectivity index (χ0) is 21.6. The number of halogens is 2. The highest BCUT2D eigenvalue weighted by molar-refractivity contribution is 6.06. The summed E-state index contributed by atoms with van der Waals surface area (Å²) in [4.78, 5) is 29.7. The van der Waals surface area contributed by atoms with Crippen LogP contribution in [0.15, 0.2) is 42.5 Å². The number of pyridine rings is 1. The molecular formula is C22H16F2N2O5. The summed E-state index contributed by atoms with van der Waals surface area (Å²) in [5, 5.41) is 3.17. The van der Waals surface area contributed by atoms with E-state index in [-0.39, 0.29) is 17.2 Å². The third kappa shape index (κ3) is 3.63. The molecule has 0 spiro atoms. The van der Waals surface area contributed by atoms with Gasteiger partial charge in [-0.3, -0.25) is 9.78 Å². The second-order valence-corrected chi connectivity index (χ2v) is 7.24. The lowest BCUT2D eigenvalue weighted by Crippen LogP contribution is -2.25. The van der Waals surface area contributed by atoms with E-state index in [2.05, 4.69) is 19.8 Å². The molecule has 2 heterocycles. The molecule has 0 radical (unpaired) electrons. The zero-order valence-electron chi connectivity index (χ0n) is 16.1. The van der Waals surface area contributed by atoms with Crippen LogP contribution < -0.4 is 14.8 Å². The fourth-order valence-corrected chi connectivity index (χ4v) is 3.87. The van der Waals surface area contributed by atoms with Crippen molar-refractivity contribution in [1.29, 1.82) is 0 Å². The summed E-state index contributed by atoms with van der Waals surface area (Å²) in [5.41, 5.74) is 3.09. The Balaban J connectivity index is 1.29. The van der Waals surface area contributed by atoms with E-state index in [9.17, 15) is 18.4 Å². The SMILES string of the molecule is O=C(COC(=O)c1c2c(nc3ccccc13)CCC2)Nc1ccc2c(c1)OC(F)(F)O2. The molecule has 1 amide bonds. The maximum absolute atomic E-state index is 13.1. The Kier molecular flexibility index (Phi) is 4.46. The molecule has 1 N–H and O–H groups in total. The maximum Gasteiger partial charge on any atom is 0.586 e. The molecule has 0 saturated carbocycles. The first kappa shape index (κ1) is 19.2. The molecule has 1 aliphatic heterocycles. The first-order valence-corrected chi connectivity index (χ1v) is 9.67. The van der Waals surface area contributed by atoms with Crippen LogP contribution >= 0.6 is 0 Å². The number of nitrogens with one attached hydrogen (secondary N) is 1. The van der Waals surface area contributed by atoms with E-state index >= 15 is 0 Å². The predicted molar refractivity (Wildman–Crippen MR) is 105 cm³/mol. The number of aryl methyl sites for hydroxylation is 1. The van der Waals surface area contributed by atoms with Gasteiger partial charge in [-0.1, -0.05) is 18.2 Å². The van der Waals surface area contributed by atoms with Crippen LogP contribution in [0.2, 0.25) is 0 Å². The largest absolute Gasteiger partial charge is 0.586 e. The average molecular weight is 426 g/mol. The topological polar surface area (TPSA) is 86.8 Å². The Morgan fingerprint density at radius 3 is 2.77 bits per heavy atom. The number of para-hydroxylation sites is 1. The first-order chi connectivity index (χ1) is 14.9. The van der Waals surface area contributed by atoms with Gasteiger partial charge in [0.05, 0.1) is 11.1 Å². The van der Waals surface area contributed by atoms with Crippen LogP contribution in [-0.2, 0) is 22.4 Å². The first-order valence-electron chi connectivity index (χ1n) is 9.67. The summed E-state index contributed by atoms with van der Waals surface area (Å²) in [7, 11) is 0. The van der Waals surface area contributed by atoms with Crippen LogP contribution in [0.5, 0.6) is 11.5 Å². The quantitative estimate of drug-likeness (QED) is 0.638. The highest BCUT2D eigenvalue weighted by Gasteiger charge is 2.43. The van der Waals surface area contributed by atoms with Crippen LogP contribution in [0, 0.1) is 0 Å². The molecule has 2 aliphatic rings. The lowest BCUT2D eigenvalue weighted by molar-refractivity contribution is -0.286. The molecule has 1 aliphatic carbocycles. The second kappa shape index (κ2) is 7.19. The lowest BCUT2D eigenvalue weighted by atomic mass is 10.0. The van der Waals surface area contributed by atoms with Crippen molar-refractivity contribution in [2.24, 2.45) is 0 Å². The second-order valence-electron chi connectivity index (χ2n) is 7.24. The monoisotopic (exact) mass is 426 g/mol. The molecule has 2 aromatic carbocycles. The van der Waals surface area contributed by atoms with Gasteiger partial charge in [-0.25, -0.2) is 4.79 Å². The van der Waals surface area contributed by atoms with E-state index in [0.717, 1.165) is 30.5 Å². The number of esters is 1. The van der Waals surface area contributed by atoms with Crippen molar-refractivity contribution < 1.29 is 32.6 Å². The summed E-state index contributed by atoms with van der Waals surface area (Å²) in [6.07, 6.45) is -1.31. The molecule has 31 heavy (non-hydrogen) atoms. The van der Waals surface area contributed by atoms with Crippen LogP contribution in [-0.4, -0.2) is 29.8 Å². The number of ether oxygens (including phenoxy) is 3. The molecule has 9 heteroatoms. The van der Waals surface area contributed by atoms with Gasteiger partial charge in [0.2, 0.25) is 0 Å². The van der Waals surface area contributed by atoms with Crippen LogP contribution in [0.3, 0.4) is 0 Å². The number of carbonyl (C=O) groups excluding carboxylic acids is 2. The molecule has 7 nitrogen and oxygen atoms in total. The van der Waals surface area contributed by atoms with Crippen molar-refractivity contribution in [3.63, 3.8) is 0 Å². The number of amides is 1. The molecule has 158 valence electrons. The van der Waals surface area contributed by atoms with Crippen molar-refractivity contribution in [3.8, 4) is 11.5 Å². The van der Waals surface area contributed by atoms with Gasteiger partial charge in [-0.2, -0.15) is 0 Å². The smallest absolute Gasteiger partial charge is 0.452 e. The zero-order valence-corrected chi connectivity index (χ0v) is 16.1. The Bertz CT molecular complexity index is 1230. The van der Waals surface area contributed by atoms with Gasteiger partial charge >= 0.3 is 12.3 Å². The average Bonchev–Trinajstić information content (AvgIpc) is 3.31. The van der Waals surface area contributed by atoms with Crippen molar-refractivity contribution >= 4 is 28.5 Å². The van der Waals surface area contributed by atoms with E-state index in [1.807, 2.05) is 18.2 Å². The number of anilines is 1. The third-order valence-corrected chi connectivity index (χ3v) is 5.14. The number of alkyl halides is 2. The van der Waals surface area contributed by atoms with E-state index in [4.69, 9.17) is 4.74 Å². The summed E-state index contributed by atoms with van der Waals surface area (Å²) < 4.78 is 40.2. The molecule has 0 atom stereocenters. The molecule has 1 aromatic heterocycles. The number of rotatable bonds is 4. The fourth-order valence-electron chi connectivity index (χ4n) is 3.87. The lowest BCUT2D eigenvalue weighted by Gasteiger charge is -2.12. The highest BCUT2D eigenvalue weighted by Crippen LogP contribution is 2.42. The van der Waals surface area contributed by atoms with Crippen LogP contribution in [0.4, 0.5) is 14.5 Å². The predicted octanol–water partition coefficient (Wildman–Crippen LogP) is 3.84. The molecular weight excluding hydrogens is 410 g/mol. The number of hydrogen-bond acceptors (Lipinski definition) is 6. The van der Waals surface area contributed by atoms with Gasteiger partial charge in [-0.15, -0.1) is 8.78 Å². The minimum Gasteiger partial charge on any atom is -0.452 e. The Morgan fingerprint density at radius 1 is 1.10 bits per heavy atom. The van der Waals surface area contributed by atoms with E-state index < -0.39 is 24.8 Å².